The average molecular weight is 223 g/mol. The first-order chi connectivity index (χ1) is 7.27. The van der Waals surface area contributed by atoms with Crippen LogP contribution in [0, 0.1) is 5.92 Å². The molecule has 0 aliphatic heterocycles. The first-order valence-electron chi connectivity index (χ1n) is 5.59. The van der Waals surface area contributed by atoms with Crippen molar-refractivity contribution in [3.05, 3.63) is 22.4 Å². The standard InChI is InChI=1S/C12H17NOS/c13-12(14)8-10(9-4-1-2-5-9)11-6-3-7-15-11/h3,6-7,9-10H,1-2,4-5,8H2,(H2,13,14). The Morgan fingerprint density at radius 3 is 2.80 bits per heavy atom. The fourth-order valence-electron chi connectivity index (χ4n) is 2.58. The summed E-state index contributed by atoms with van der Waals surface area (Å²) in [6.07, 6.45) is 5.66. The number of thiophene rings is 1. The molecule has 82 valence electrons. The molecule has 1 amide bonds. The molecule has 0 spiro atoms. The Balaban J connectivity index is 2.12. The molecule has 1 saturated carbocycles. The second-order valence-electron chi connectivity index (χ2n) is 4.34. The van der Waals surface area contributed by atoms with Gasteiger partial charge in [0.1, 0.15) is 0 Å². The first-order valence-corrected chi connectivity index (χ1v) is 6.47. The molecule has 0 bridgehead atoms. The lowest BCUT2D eigenvalue weighted by Gasteiger charge is -2.20. The van der Waals surface area contributed by atoms with Crippen molar-refractivity contribution in [3.8, 4) is 0 Å². The van der Waals surface area contributed by atoms with Gasteiger partial charge in [-0.3, -0.25) is 4.79 Å². The van der Waals surface area contributed by atoms with E-state index in [1.165, 1.54) is 30.6 Å². The van der Waals surface area contributed by atoms with Gasteiger partial charge in [0.25, 0.3) is 0 Å². The van der Waals surface area contributed by atoms with Gasteiger partial charge >= 0.3 is 0 Å². The molecule has 1 atom stereocenters. The Labute approximate surface area is 94.5 Å². The van der Waals surface area contributed by atoms with Crippen molar-refractivity contribution in [1.82, 2.24) is 0 Å². The molecule has 3 heteroatoms. The Morgan fingerprint density at radius 2 is 2.27 bits per heavy atom. The van der Waals surface area contributed by atoms with Crippen LogP contribution in [0.15, 0.2) is 17.5 Å². The number of carbonyl (C=O) groups excluding carboxylic acids is 1. The van der Waals surface area contributed by atoms with Gasteiger partial charge in [0.15, 0.2) is 0 Å². The van der Waals surface area contributed by atoms with Crippen molar-refractivity contribution < 1.29 is 4.79 Å². The molecule has 1 heterocycles. The monoisotopic (exact) mass is 223 g/mol. The van der Waals surface area contributed by atoms with E-state index >= 15 is 0 Å². The molecule has 1 aliphatic rings. The maximum atomic E-state index is 11.1. The third-order valence-corrected chi connectivity index (χ3v) is 4.30. The fraction of sp³-hybridized carbons (Fsp3) is 0.583. The second kappa shape index (κ2) is 4.79. The number of nitrogens with two attached hydrogens (primary N) is 1. The molecule has 15 heavy (non-hydrogen) atoms. The SMILES string of the molecule is NC(=O)CC(c1cccs1)C1CCCC1. The molecule has 0 aromatic carbocycles. The van der Waals surface area contributed by atoms with Crippen molar-refractivity contribution >= 4 is 17.2 Å². The lowest BCUT2D eigenvalue weighted by Crippen LogP contribution is -2.19. The zero-order chi connectivity index (χ0) is 10.7. The average Bonchev–Trinajstić information content (AvgIpc) is 2.87. The van der Waals surface area contributed by atoms with Crippen molar-refractivity contribution in [3.63, 3.8) is 0 Å². The van der Waals surface area contributed by atoms with E-state index in [2.05, 4.69) is 17.5 Å². The van der Waals surface area contributed by atoms with Gasteiger partial charge in [0, 0.05) is 17.2 Å². The molecular formula is C12H17NOS. The van der Waals surface area contributed by atoms with Crippen molar-refractivity contribution in [1.29, 1.82) is 0 Å². The van der Waals surface area contributed by atoms with Crippen LogP contribution >= 0.6 is 11.3 Å². The minimum atomic E-state index is -0.166. The largest absolute Gasteiger partial charge is 0.370 e. The van der Waals surface area contributed by atoms with Crippen LogP contribution in [0.2, 0.25) is 0 Å². The highest BCUT2D eigenvalue weighted by Gasteiger charge is 2.28. The van der Waals surface area contributed by atoms with E-state index in [0.29, 0.717) is 18.3 Å². The summed E-state index contributed by atoms with van der Waals surface area (Å²) in [7, 11) is 0. The molecule has 1 aliphatic carbocycles. The zero-order valence-electron chi connectivity index (χ0n) is 8.82. The summed E-state index contributed by atoms with van der Waals surface area (Å²) in [4.78, 5) is 12.4. The van der Waals surface area contributed by atoms with Gasteiger partial charge in [0.05, 0.1) is 0 Å². The molecule has 1 aromatic heterocycles. The smallest absolute Gasteiger partial charge is 0.218 e. The van der Waals surface area contributed by atoms with Gasteiger partial charge in [-0.15, -0.1) is 11.3 Å². The van der Waals surface area contributed by atoms with E-state index in [4.69, 9.17) is 5.73 Å². The van der Waals surface area contributed by atoms with Gasteiger partial charge in [-0.2, -0.15) is 0 Å². The quantitative estimate of drug-likeness (QED) is 0.838. The van der Waals surface area contributed by atoms with Crippen molar-refractivity contribution in [2.45, 2.75) is 38.0 Å². The predicted octanol–water partition coefficient (Wildman–Crippen LogP) is 2.90. The van der Waals surface area contributed by atoms with Gasteiger partial charge < -0.3 is 5.73 Å². The predicted molar refractivity (Wildman–Crippen MR) is 62.8 cm³/mol. The summed E-state index contributed by atoms with van der Waals surface area (Å²) in [6, 6.07) is 4.19. The van der Waals surface area contributed by atoms with E-state index in [1.54, 1.807) is 11.3 Å². The van der Waals surface area contributed by atoms with E-state index < -0.39 is 0 Å². The van der Waals surface area contributed by atoms with E-state index in [-0.39, 0.29) is 5.91 Å². The molecular weight excluding hydrogens is 206 g/mol. The summed E-state index contributed by atoms with van der Waals surface area (Å²) in [5, 5.41) is 2.08. The lowest BCUT2D eigenvalue weighted by molar-refractivity contribution is -0.118. The Kier molecular flexibility index (Phi) is 3.41. The van der Waals surface area contributed by atoms with Crippen LogP contribution < -0.4 is 5.73 Å². The lowest BCUT2D eigenvalue weighted by atomic mass is 9.87. The van der Waals surface area contributed by atoms with E-state index in [0.717, 1.165) is 0 Å². The number of hydrogen-bond acceptors (Lipinski definition) is 2. The van der Waals surface area contributed by atoms with Crippen LogP contribution in [0.3, 0.4) is 0 Å². The summed E-state index contributed by atoms with van der Waals surface area (Å²) < 4.78 is 0. The maximum Gasteiger partial charge on any atom is 0.218 e. The van der Waals surface area contributed by atoms with Gasteiger partial charge in [-0.25, -0.2) is 0 Å². The number of hydrogen-bond donors (Lipinski definition) is 1. The number of amides is 1. The maximum absolute atomic E-state index is 11.1. The van der Waals surface area contributed by atoms with Crippen LogP contribution in [0.5, 0.6) is 0 Å². The van der Waals surface area contributed by atoms with Crippen LogP contribution in [-0.2, 0) is 4.79 Å². The highest BCUT2D eigenvalue weighted by molar-refractivity contribution is 7.10. The molecule has 2 rings (SSSR count). The second-order valence-corrected chi connectivity index (χ2v) is 5.32. The molecule has 2 N–H and O–H groups in total. The molecule has 1 fully saturated rings. The Morgan fingerprint density at radius 1 is 1.53 bits per heavy atom. The van der Waals surface area contributed by atoms with Gasteiger partial charge in [-0.1, -0.05) is 18.9 Å². The number of rotatable bonds is 4. The molecule has 1 aromatic rings. The highest BCUT2D eigenvalue weighted by Crippen LogP contribution is 2.40. The Bertz CT molecular complexity index is 314. The normalized spacial score (nSPS) is 19.2. The third-order valence-electron chi connectivity index (χ3n) is 3.30. The third kappa shape index (κ3) is 2.59. The summed E-state index contributed by atoms with van der Waals surface area (Å²) in [5.74, 6) is 0.890. The molecule has 1 unspecified atom stereocenters. The Hall–Kier alpha value is -0.830. The van der Waals surface area contributed by atoms with E-state index in [1.807, 2.05) is 0 Å². The van der Waals surface area contributed by atoms with Crippen LogP contribution in [0.25, 0.3) is 0 Å². The molecule has 0 radical (unpaired) electrons. The minimum absolute atomic E-state index is 0.166. The summed E-state index contributed by atoms with van der Waals surface area (Å²) >= 11 is 1.75. The summed E-state index contributed by atoms with van der Waals surface area (Å²) in [6.45, 7) is 0. The topological polar surface area (TPSA) is 43.1 Å². The van der Waals surface area contributed by atoms with Crippen LogP contribution in [-0.4, -0.2) is 5.91 Å². The van der Waals surface area contributed by atoms with Crippen LogP contribution in [0.1, 0.15) is 42.9 Å². The van der Waals surface area contributed by atoms with Crippen molar-refractivity contribution in [2.75, 3.05) is 0 Å². The number of primary amides is 1. The van der Waals surface area contributed by atoms with E-state index in [9.17, 15) is 4.79 Å². The van der Waals surface area contributed by atoms with Crippen LogP contribution in [0.4, 0.5) is 0 Å². The minimum Gasteiger partial charge on any atom is -0.370 e. The van der Waals surface area contributed by atoms with Gasteiger partial charge in [0.2, 0.25) is 5.91 Å². The zero-order valence-corrected chi connectivity index (χ0v) is 9.63. The molecule has 0 saturated heterocycles. The highest BCUT2D eigenvalue weighted by atomic mass is 32.1. The molecule has 2 nitrogen and oxygen atoms in total. The number of carbonyl (C=O) groups is 1. The van der Waals surface area contributed by atoms with Crippen molar-refractivity contribution in [2.24, 2.45) is 11.7 Å². The summed E-state index contributed by atoms with van der Waals surface area (Å²) in [5.41, 5.74) is 5.33. The first kappa shape index (κ1) is 10.7. The van der Waals surface area contributed by atoms with Gasteiger partial charge in [-0.05, 0) is 30.2 Å². The fourth-order valence-corrected chi connectivity index (χ4v) is 3.50.